The first kappa shape index (κ1) is 24.5. The number of hydrogen-bond acceptors (Lipinski definition) is 7. The van der Waals surface area contributed by atoms with Gasteiger partial charge in [0.1, 0.15) is 0 Å². The van der Waals surface area contributed by atoms with E-state index in [-0.39, 0.29) is 12.6 Å². The van der Waals surface area contributed by atoms with E-state index in [1.807, 2.05) is 17.2 Å². The van der Waals surface area contributed by atoms with Crippen molar-refractivity contribution in [3.8, 4) is 0 Å². The largest absolute Gasteiger partial charge is 0.333 e. The minimum atomic E-state index is -3.69. The van der Waals surface area contributed by atoms with Crippen LogP contribution in [-0.2, 0) is 10.2 Å². The third kappa shape index (κ3) is 4.91. The molecule has 13 heteroatoms. The first-order valence-corrected chi connectivity index (χ1v) is 14.1. The normalized spacial score (nSPS) is 24.8. The van der Waals surface area contributed by atoms with Gasteiger partial charge in [-0.3, -0.25) is 4.99 Å². The number of thiazole rings is 1. The fourth-order valence-corrected chi connectivity index (χ4v) is 7.32. The van der Waals surface area contributed by atoms with Gasteiger partial charge in [-0.05, 0) is 30.7 Å². The van der Waals surface area contributed by atoms with E-state index in [9.17, 15) is 17.2 Å². The van der Waals surface area contributed by atoms with E-state index in [1.165, 1.54) is 21.8 Å². The van der Waals surface area contributed by atoms with Crippen molar-refractivity contribution in [1.29, 1.82) is 0 Å². The molecule has 1 aliphatic carbocycles. The van der Waals surface area contributed by atoms with Gasteiger partial charge in [0, 0.05) is 61.1 Å². The molecule has 1 saturated heterocycles. The molecule has 2 fully saturated rings. The van der Waals surface area contributed by atoms with Gasteiger partial charge in [-0.25, -0.2) is 9.67 Å². The van der Waals surface area contributed by atoms with Gasteiger partial charge in [0.05, 0.1) is 12.2 Å². The summed E-state index contributed by atoms with van der Waals surface area (Å²) in [5.74, 6) is 1.73. The van der Waals surface area contributed by atoms with Gasteiger partial charge >= 0.3 is 6.55 Å². The summed E-state index contributed by atoms with van der Waals surface area (Å²) in [5, 5.41) is 6.62. The van der Waals surface area contributed by atoms with Crippen LogP contribution in [-0.4, -0.2) is 70.4 Å². The summed E-state index contributed by atoms with van der Waals surface area (Å²) in [7, 11) is -3.69. The number of halogens is 2. The molecule has 1 N–H and O–H groups in total. The summed E-state index contributed by atoms with van der Waals surface area (Å²) in [6.45, 7) is 2.88. The number of amidine groups is 1. The number of aromatic nitrogens is 3. The number of hydrogen-bond donors (Lipinski definition) is 1. The Hall–Kier alpha value is -2.22. The minimum absolute atomic E-state index is 0.265. The molecule has 0 spiro atoms. The molecule has 3 aliphatic rings. The van der Waals surface area contributed by atoms with Crippen LogP contribution in [0, 0.1) is 11.8 Å². The number of fused-ring (bicyclic) bond motifs is 1. The maximum absolute atomic E-state index is 13.3. The quantitative estimate of drug-likeness (QED) is 0.543. The van der Waals surface area contributed by atoms with E-state index in [0.717, 1.165) is 29.1 Å². The fourth-order valence-electron chi connectivity index (χ4n) is 5.19. The average molecular weight is 526 g/mol. The van der Waals surface area contributed by atoms with Crippen LogP contribution < -0.4 is 4.72 Å². The predicted molar refractivity (Wildman–Crippen MR) is 130 cm³/mol. The summed E-state index contributed by atoms with van der Waals surface area (Å²) < 4.78 is 57.8. The van der Waals surface area contributed by atoms with Crippen molar-refractivity contribution in [3.63, 3.8) is 0 Å². The lowest BCUT2D eigenvalue weighted by Crippen LogP contribution is -2.49. The van der Waals surface area contributed by atoms with Crippen molar-refractivity contribution in [3.05, 3.63) is 40.2 Å². The maximum Gasteiger partial charge on any atom is 0.333 e. The summed E-state index contributed by atoms with van der Waals surface area (Å²) >= 11 is 1.45. The lowest BCUT2D eigenvalue weighted by molar-refractivity contribution is 0.0565. The van der Waals surface area contributed by atoms with Crippen LogP contribution in [0.3, 0.4) is 0 Å². The van der Waals surface area contributed by atoms with Crippen LogP contribution in [0.5, 0.6) is 0 Å². The van der Waals surface area contributed by atoms with Crippen LogP contribution in [0.15, 0.2) is 34.5 Å². The first-order valence-electron chi connectivity index (χ1n) is 11.8. The summed E-state index contributed by atoms with van der Waals surface area (Å²) in [6.07, 6.45) is 5.46. The summed E-state index contributed by atoms with van der Waals surface area (Å²) in [5.41, 5.74) is 1.99. The van der Waals surface area contributed by atoms with Gasteiger partial charge in [-0.15, -0.1) is 11.3 Å². The number of rotatable bonds is 9. The second kappa shape index (κ2) is 9.68. The molecule has 5 rings (SSSR count). The topological polar surface area (TPSA) is 95.7 Å². The molecule has 1 unspecified atom stereocenters. The van der Waals surface area contributed by atoms with Gasteiger partial charge in [0.25, 0.3) is 10.2 Å². The maximum atomic E-state index is 13.3. The zero-order valence-corrected chi connectivity index (χ0v) is 21.3. The Labute approximate surface area is 207 Å². The number of nitrogens with one attached hydrogen (secondary N) is 1. The average Bonchev–Trinajstić information content (AvgIpc) is 3.55. The van der Waals surface area contributed by atoms with Crippen molar-refractivity contribution in [2.45, 2.75) is 45.7 Å². The fraction of sp³-hybridized carbons (Fsp3) is 0.591. The smallest absolute Gasteiger partial charge is 0.326 e. The van der Waals surface area contributed by atoms with E-state index in [0.29, 0.717) is 54.1 Å². The Kier molecular flexibility index (Phi) is 6.77. The number of alkyl halides is 2. The van der Waals surface area contributed by atoms with Gasteiger partial charge < -0.3 is 4.90 Å². The third-order valence-corrected chi connectivity index (χ3v) is 9.33. The molecule has 2 aromatic heterocycles. The molecule has 0 amide bonds. The molecule has 2 aromatic rings. The zero-order chi connectivity index (χ0) is 24.7. The lowest BCUT2D eigenvalue weighted by atomic mass is 9.76. The van der Waals surface area contributed by atoms with Crippen LogP contribution in [0.4, 0.5) is 8.78 Å². The highest BCUT2D eigenvalue weighted by Crippen LogP contribution is 2.36. The molecule has 35 heavy (non-hydrogen) atoms. The van der Waals surface area contributed by atoms with Crippen LogP contribution in [0.1, 0.15) is 50.4 Å². The Balaban J connectivity index is 1.39. The van der Waals surface area contributed by atoms with Crippen LogP contribution in [0.2, 0.25) is 0 Å². The van der Waals surface area contributed by atoms with Crippen molar-refractivity contribution < 1.29 is 17.2 Å². The highest BCUT2D eigenvalue weighted by Gasteiger charge is 2.39. The Morgan fingerprint density at radius 2 is 2.14 bits per heavy atom. The van der Waals surface area contributed by atoms with Gasteiger partial charge in [-0.2, -0.15) is 31.3 Å². The number of aliphatic imine (C=N–C) groups is 1. The van der Waals surface area contributed by atoms with Crippen LogP contribution in [0.25, 0.3) is 5.57 Å². The molecule has 0 radical (unpaired) electrons. The molecule has 0 bridgehead atoms. The van der Waals surface area contributed by atoms with E-state index in [4.69, 9.17) is 0 Å². The molecule has 1 saturated carbocycles. The second-order valence-corrected chi connectivity index (χ2v) is 12.0. The van der Waals surface area contributed by atoms with Crippen molar-refractivity contribution in [1.82, 2.24) is 28.7 Å². The van der Waals surface area contributed by atoms with E-state index in [2.05, 4.69) is 26.7 Å². The Bertz CT molecular complexity index is 1220. The van der Waals surface area contributed by atoms with Crippen molar-refractivity contribution in [2.24, 2.45) is 16.8 Å². The zero-order valence-electron chi connectivity index (χ0n) is 19.6. The standard InChI is InChI=1S/C22H29F2N7O2S2/c1-3-29(12-15-8-14(2)9-15)35(32,33)28-16-10-19-17(18-4-6-31(27-18)22(23)24)11-26-20(30(19)13-16)21-25-5-7-34-21/h4-7,14-16,22,28H,3,8-13H2,1-2H3. The van der Waals surface area contributed by atoms with Gasteiger partial charge in [0.15, 0.2) is 10.8 Å². The van der Waals surface area contributed by atoms with E-state index in [1.54, 1.807) is 12.3 Å². The van der Waals surface area contributed by atoms with Gasteiger partial charge in [0.2, 0.25) is 0 Å². The SMILES string of the molecule is CCN(CC1CC(C)C1)S(=O)(=O)NC1CC2=C(c3ccn(C(F)F)n3)CN=C(c3nccs3)N2C1. The monoisotopic (exact) mass is 525 g/mol. The second-order valence-electron chi connectivity index (χ2n) is 9.39. The molecular formula is C22H29F2N7O2S2. The van der Waals surface area contributed by atoms with E-state index >= 15 is 0 Å². The first-order chi connectivity index (χ1) is 16.7. The molecule has 2 aliphatic heterocycles. The highest BCUT2D eigenvalue weighted by molar-refractivity contribution is 7.87. The molecule has 4 heterocycles. The summed E-state index contributed by atoms with van der Waals surface area (Å²) in [4.78, 5) is 11.0. The van der Waals surface area contributed by atoms with Crippen LogP contribution >= 0.6 is 11.3 Å². The third-order valence-electron chi connectivity index (χ3n) is 6.84. The van der Waals surface area contributed by atoms with Gasteiger partial charge in [-0.1, -0.05) is 13.8 Å². The minimum Gasteiger partial charge on any atom is -0.326 e. The molecule has 0 aromatic carbocycles. The highest BCUT2D eigenvalue weighted by atomic mass is 32.2. The molecule has 1 atom stereocenters. The predicted octanol–water partition coefficient (Wildman–Crippen LogP) is 3.18. The summed E-state index contributed by atoms with van der Waals surface area (Å²) in [6, 6.07) is 1.16. The van der Waals surface area contributed by atoms with E-state index < -0.39 is 16.8 Å². The Morgan fingerprint density at radius 3 is 2.77 bits per heavy atom. The molecule has 190 valence electrons. The number of nitrogens with zero attached hydrogens (tertiary/aromatic N) is 6. The van der Waals surface area contributed by atoms with Crippen molar-refractivity contribution in [2.75, 3.05) is 26.2 Å². The van der Waals surface area contributed by atoms with Crippen molar-refractivity contribution >= 4 is 33.0 Å². The Morgan fingerprint density at radius 1 is 1.34 bits per heavy atom. The molecule has 9 nitrogen and oxygen atoms in total. The molecular weight excluding hydrogens is 496 g/mol. The lowest BCUT2D eigenvalue weighted by Gasteiger charge is -2.36.